The molecule has 0 saturated heterocycles. The number of ether oxygens (including phenoxy) is 3. The van der Waals surface area contributed by atoms with E-state index in [1.165, 1.54) is 5.56 Å². The van der Waals surface area contributed by atoms with Gasteiger partial charge in [-0.05, 0) is 46.0 Å². The van der Waals surface area contributed by atoms with Crippen LogP contribution >= 0.6 is 15.9 Å². The molecule has 0 aromatic heterocycles. The molecule has 0 unspecified atom stereocenters. The Kier molecular flexibility index (Phi) is 6.80. The second-order valence-electron chi connectivity index (χ2n) is 5.57. The molecule has 0 bridgehead atoms. The first kappa shape index (κ1) is 16.6. The van der Waals surface area contributed by atoms with Crippen molar-refractivity contribution in [1.29, 1.82) is 0 Å². The molecule has 1 aromatic carbocycles. The first-order chi connectivity index (χ1) is 10.2. The maximum Gasteiger partial charge on any atom is 0.175 e. The van der Waals surface area contributed by atoms with E-state index >= 15 is 0 Å². The van der Waals surface area contributed by atoms with Gasteiger partial charge in [-0.3, -0.25) is 0 Å². The van der Waals surface area contributed by atoms with Crippen molar-refractivity contribution in [3.63, 3.8) is 0 Å². The Morgan fingerprint density at radius 3 is 2.86 bits per heavy atom. The first-order valence-corrected chi connectivity index (χ1v) is 8.32. The van der Waals surface area contributed by atoms with Crippen LogP contribution < -0.4 is 14.8 Å². The van der Waals surface area contributed by atoms with Crippen LogP contribution in [0.2, 0.25) is 0 Å². The molecule has 118 valence electrons. The standard InChI is InChI=1S/C16H24BrNO3/c1-12(2)3-5-19-6-4-18-11-13-9-14(17)16-15(10-13)20-7-8-21-16/h9-10,12,18H,3-8,11H2,1-2H3. The van der Waals surface area contributed by atoms with Gasteiger partial charge in [-0.15, -0.1) is 0 Å². The van der Waals surface area contributed by atoms with E-state index in [2.05, 4.69) is 41.2 Å². The molecule has 0 saturated carbocycles. The maximum absolute atomic E-state index is 5.62. The Hall–Kier alpha value is -0.780. The number of rotatable bonds is 8. The van der Waals surface area contributed by atoms with E-state index in [0.717, 1.165) is 48.7 Å². The Balaban J connectivity index is 1.70. The largest absolute Gasteiger partial charge is 0.486 e. The number of fused-ring (bicyclic) bond motifs is 1. The van der Waals surface area contributed by atoms with Crippen LogP contribution in [-0.4, -0.2) is 33.0 Å². The third kappa shape index (κ3) is 5.49. The molecule has 2 rings (SSSR count). The van der Waals surface area contributed by atoms with Crippen molar-refractivity contribution in [1.82, 2.24) is 5.32 Å². The minimum atomic E-state index is 0.608. The second-order valence-corrected chi connectivity index (χ2v) is 6.43. The van der Waals surface area contributed by atoms with E-state index in [9.17, 15) is 0 Å². The third-order valence-electron chi connectivity index (χ3n) is 3.25. The smallest absolute Gasteiger partial charge is 0.175 e. The first-order valence-electron chi connectivity index (χ1n) is 7.53. The summed E-state index contributed by atoms with van der Waals surface area (Å²) in [5.74, 6) is 2.33. The summed E-state index contributed by atoms with van der Waals surface area (Å²) in [5, 5.41) is 3.38. The quantitative estimate of drug-likeness (QED) is 0.724. The van der Waals surface area contributed by atoms with Gasteiger partial charge < -0.3 is 19.5 Å². The van der Waals surface area contributed by atoms with Gasteiger partial charge in [0.1, 0.15) is 13.2 Å². The zero-order valence-corrected chi connectivity index (χ0v) is 14.4. The van der Waals surface area contributed by atoms with Crippen molar-refractivity contribution in [2.75, 3.05) is 33.0 Å². The fraction of sp³-hybridized carbons (Fsp3) is 0.625. The molecule has 1 aliphatic heterocycles. The summed E-state index contributed by atoms with van der Waals surface area (Å²) < 4.78 is 17.7. The molecule has 1 N–H and O–H groups in total. The Morgan fingerprint density at radius 1 is 1.24 bits per heavy atom. The van der Waals surface area contributed by atoms with Crippen LogP contribution in [0.4, 0.5) is 0 Å². The lowest BCUT2D eigenvalue weighted by molar-refractivity contribution is 0.125. The zero-order valence-electron chi connectivity index (χ0n) is 12.8. The van der Waals surface area contributed by atoms with Crippen LogP contribution in [0.1, 0.15) is 25.8 Å². The normalized spacial score (nSPS) is 13.7. The lowest BCUT2D eigenvalue weighted by Gasteiger charge is -2.20. The third-order valence-corrected chi connectivity index (χ3v) is 3.84. The van der Waals surface area contributed by atoms with E-state index in [0.29, 0.717) is 19.1 Å². The molecule has 1 heterocycles. The number of halogens is 1. The minimum Gasteiger partial charge on any atom is -0.486 e. The van der Waals surface area contributed by atoms with E-state index in [1.807, 2.05) is 6.07 Å². The van der Waals surface area contributed by atoms with Crippen molar-refractivity contribution >= 4 is 15.9 Å². The van der Waals surface area contributed by atoms with Crippen LogP contribution in [0.5, 0.6) is 11.5 Å². The monoisotopic (exact) mass is 357 g/mol. The summed E-state index contributed by atoms with van der Waals surface area (Å²) in [4.78, 5) is 0. The van der Waals surface area contributed by atoms with Crippen LogP contribution in [-0.2, 0) is 11.3 Å². The molecule has 1 aliphatic rings. The highest BCUT2D eigenvalue weighted by Gasteiger charge is 2.15. The summed E-state index contributed by atoms with van der Waals surface area (Å²) in [6.45, 7) is 8.87. The van der Waals surface area contributed by atoms with Crippen molar-refractivity contribution in [3.8, 4) is 11.5 Å². The molecule has 0 radical (unpaired) electrons. The highest BCUT2D eigenvalue weighted by atomic mass is 79.9. The van der Waals surface area contributed by atoms with Gasteiger partial charge in [-0.25, -0.2) is 0 Å². The topological polar surface area (TPSA) is 39.7 Å². The molecule has 5 heteroatoms. The van der Waals surface area contributed by atoms with E-state index < -0.39 is 0 Å². The van der Waals surface area contributed by atoms with E-state index in [1.54, 1.807) is 0 Å². The number of nitrogens with one attached hydrogen (secondary N) is 1. The molecular formula is C16H24BrNO3. The van der Waals surface area contributed by atoms with Gasteiger partial charge in [0.15, 0.2) is 11.5 Å². The average molecular weight is 358 g/mol. The lowest BCUT2D eigenvalue weighted by Crippen LogP contribution is -2.20. The summed E-state index contributed by atoms with van der Waals surface area (Å²) in [5.41, 5.74) is 1.17. The Morgan fingerprint density at radius 2 is 2.05 bits per heavy atom. The minimum absolute atomic E-state index is 0.608. The highest BCUT2D eigenvalue weighted by Crippen LogP contribution is 2.38. The highest BCUT2D eigenvalue weighted by molar-refractivity contribution is 9.10. The molecule has 0 aliphatic carbocycles. The van der Waals surface area contributed by atoms with E-state index in [-0.39, 0.29) is 0 Å². The fourth-order valence-corrected chi connectivity index (χ4v) is 2.67. The number of benzene rings is 1. The van der Waals surface area contributed by atoms with Crippen molar-refractivity contribution < 1.29 is 14.2 Å². The van der Waals surface area contributed by atoms with Crippen molar-refractivity contribution in [2.45, 2.75) is 26.8 Å². The van der Waals surface area contributed by atoms with Crippen molar-refractivity contribution in [3.05, 3.63) is 22.2 Å². The Bertz CT molecular complexity index is 451. The number of hydrogen-bond acceptors (Lipinski definition) is 4. The van der Waals surface area contributed by atoms with Crippen LogP contribution in [0, 0.1) is 5.92 Å². The van der Waals surface area contributed by atoms with Gasteiger partial charge in [0, 0.05) is 19.7 Å². The summed E-state index contributed by atoms with van der Waals surface area (Å²) >= 11 is 3.53. The number of hydrogen-bond donors (Lipinski definition) is 1. The fourth-order valence-electron chi connectivity index (χ4n) is 2.06. The molecule has 21 heavy (non-hydrogen) atoms. The molecule has 4 nitrogen and oxygen atoms in total. The summed E-state index contributed by atoms with van der Waals surface area (Å²) in [7, 11) is 0. The van der Waals surface area contributed by atoms with Gasteiger partial charge in [0.25, 0.3) is 0 Å². The van der Waals surface area contributed by atoms with Crippen LogP contribution in [0.3, 0.4) is 0 Å². The lowest BCUT2D eigenvalue weighted by atomic mass is 10.1. The van der Waals surface area contributed by atoms with Crippen LogP contribution in [0.25, 0.3) is 0 Å². The second kappa shape index (κ2) is 8.61. The summed E-state index contributed by atoms with van der Waals surface area (Å²) in [6.07, 6.45) is 1.12. The van der Waals surface area contributed by atoms with E-state index in [4.69, 9.17) is 14.2 Å². The zero-order chi connectivity index (χ0) is 15.1. The van der Waals surface area contributed by atoms with Gasteiger partial charge in [-0.1, -0.05) is 13.8 Å². The molecule has 1 aromatic rings. The molecule has 0 fully saturated rings. The molecule has 0 amide bonds. The maximum atomic E-state index is 5.62. The summed E-state index contributed by atoms with van der Waals surface area (Å²) in [6, 6.07) is 4.10. The van der Waals surface area contributed by atoms with Gasteiger partial charge in [0.2, 0.25) is 0 Å². The van der Waals surface area contributed by atoms with Gasteiger partial charge >= 0.3 is 0 Å². The van der Waals surface area contributed by atoms with Gasteiger partial charge in [-0.2, -0.15) is 0 Å². The predicted octanol–water partition coefficient (Wildman–Crippen LogP) is 3.37. The van der Waals surface area contributed by atoms with Crippen LogP contribution in [0.15, 0.2) is 16.6 Å². The van der Waals surface area contributed by atoms with Gasteiger partial charge in [0.05, 0.1) is 11.1 Å². The average Bonchev–Trinajstić information content (AvgIpc) is 2.46. The molecule has 0 spiro atoms. The SMILES string of the molecule is CC(C)CCOCCNCc1cc(Br)c2c(c1)OCCO2. The molecule has 0 atom stereocenters. The predicted molar refractivity (Wildman–Crippen MR) is 87.1 cm³/mol. The van der Waals surface area contributed by atoms with Crippen molar-refractivity contribution in [2.24, 2.45) is 5.92 Å². The Labute approximate surface area is 135 Å². The molecular weight excluding hydrogens is 334 g/mol.